The van der Waals surface area contributed by atoms with Gasteiger partial charge in [-0.05, 0) is 67.3 Å². The minimum atomic E-state index is -0.957. The van der Waals surface area contributed by atoms with Crippen LogP contribution >= 0.6 is 22.9 Å². The number of aromatic nitrogens is 1. The van der Waals surface area contributed by atoms with Crippen LogP contribution in [0.1, 0.15) is 55.6 Å². The third-order valence-electron chi connectivity index (χ3n) is 7.50. The Kier molecular flexibility index (Phi) is 6.00. The molecule has 174 valence electrons. The van der Waals surface area contributed by atoms with Crippen LogP contribution in [0.4, 0.5) is 0 Å². The van der Waals surface area contributed by atoms with E-state index in [1.165, 1.54) is 6.42 Å². The number of benzene rings is 1. The monoisotopic (exact) mass is 483 g/mol. The van der Waals surface area contributed by atoms with E-state index >= 15 is 0 Å². The van der Waals surface area contributed by atoms with Gasteiger partial charge in [0.15, 0.2) is 0 Å². The molecule has 5 rings (SSSR count). The molecule has 0 radical (unpaired) electrons. The summed E-state index contributed by atoms with van der Waals surface area (Å²) in [6.07, 6.45) is 5.17. The van der Waals surface area contributed by atoms with Crippen LogP contribution in [0, 0.1) is 5.92 Å². The molecule has 7 heteroatoms. The van der Waals surface area contributed by atoms with Crippen LogP contribution in [0.5, 0.6) is 0 Å². The second-order valence-corrected chi connectivity index (χ2v) is 11.1. The van der Waals surface area contributed by atoms with Crippen molar-refractivity contribution in [2.45, 2.75) is 64.1 Å². The molecule has 3 aromatic rings. The predicted molar refractivity (Wildman–Crippen MR) is 134 cm³/mol. The van der Waals surface area contributed by atoms with Crippen LogP contribution in [-0.2, 0) is 17.8 Å². The van der Waals surface area contributed by atoms with Crippen molar-refractivity contribution >= 4 is 45.0 Å². The standard InChI is InChI=1S/C26H30ClN3O2S/c1-17-5-3-4-6-20(17)28-25(32)26(2)16-29-21-12-14-33-23(21)15-22(29)24(31)30(26)13-11-18-7-9-19(27)10-8-18/h7-10,12,14-15,17,20H,3-6,11,13,16H2,1-2H3,(H,28,32)/t17-,20-,26+/m1/s1. The van der Waals surface area contributed by atoms with E-state index < -0.39 is 5.54 Å². The number of hydrogen-bond acceptors (Lipinski definition) is 3. The minimum absolute atomic E-state index is 0.0477. The van der Waals surface area contributed by atoms with Crippen molar-refractivity contribution < 1.29 is 9.59 Å². The first-order valence-electron chi connectivity index (χ1n) is 11.8. The maximum absolute atomic E-state index is 13.8. The maximum atomic E-state index is 13.8. The first kappa shape index (κ1) is 22.5. The van der Waals surface area contributed by atoms with Gasteiger partial charge >= 0.3 is 0 Å². The fourth-order valence-electron chi connectivity index (χ4n) is 5.37. The van der Waals surface area contributed by atoms with Gasteiger partial charge < -0.3 is 14.8 Å². The van der Waals surface area contributed by atoms with E-state index in [1.54, 1.807) is 16.2 Å². The molecule has 2 aliphatic rings. The zero-order valence-corrected chi connectivity index (χ0v) is 20.7. The number of thiophene rings is 1. The Morgan fingerprint density at radius 3 is 2.73 bits per heavy atom. The molecule has 1 fully saturated rings. The molecule has 0 saturated heterocycles. The highest BCUT2D eigenvalue weighted by molar-refractivity contribution is 7.17. The highest BCUT2D eigenvalue weighted by atomic mass is 35.5. The number of amides is 2. The van der Waals surface area contributed by atoms with Crippen LogP contribution in [-0.4, -0.2) is 39.4 Å². The Bertz CT molecular complexity index is 1180. The Hall–Kier alpha value is -2.31. The smallest absolute Gasteiger partial charge is 0.271 e. The average Bonchev–Trinajstić information content (AvgIpc) is 3.39. The highest BCUT2D eigenvalue weighted by Crippen LogP contribution is 2.35. The Labute approximate surface area is 203 Å². The molecule has 2 aromatic heterocycles. The van der Waals surface area contributed by atoms with Gasteiger partial charge in [-0.25, -0.2) is 0 Å². The molecule has 0 bridgehead atoms. The van der Waals surface area contributed by atoms with Crippen molar-refractivity contribution in [1.29, 1.82) is 0 Å². The lowest BCUT2D eigenvalue weighted by molar-refractivity contribution is -0.134. The van der Waals surface area contributed by atoms with Gasteiger partial charge in [-0.3, -0.25) is 9.59 Å². The van der Waals surface area contributed by atoms with Gasteiger partial charge in [0, 0.05) is 17.6 Å². The minimum Gasteiger partial charge on any atom is -0.351 e. The lowest BCUT2D eigenvalue weighted by Crippen LogP contribution is -2.65. The molecule has 1 saturated carbocycles. The van der Waals surface area contributed by atoms with Crippen molar-refractivity contribution in [3.8, 4) is 0 Å². The quantitative estimate of drug-likeness (QED) is 0.520. The van der Waals surface area contributed by atoms with Gasteiger partial charge in [-0.2, -0.15) is 0 Å². The van der Waals surface area contributed by atoms with Gasteiger partial charge in [0.25, 0.3) is 5.91 Å². The fraction of sp³-hybridized carbons (Fsp3) is 0.462. The van der Waals surface area contributed by atoms with Gasteiger partial charge in [0.2, 0.25) is 5.91 Å². The van der Waals surface area contributed by atoms with Crippen LogP contribution in [0.3, 0.4) is 0 Å². The first-order chi connectivity index (χ1) is 15.9. The zero-order chi connectivity index (χ0) is 23.2. The number of hydrogen-bond donors (Lipinski definition) is 1. The summed E-state index contributed by atoms with van der Waals surface area (Å²) in [4.78, 5) is 29.4. The Morgan fingerprint density at radius 2 is 1.97 bits per heavy atom. The van der Waals surface area contributed by atoms with Crippen molar-refractivity contribution in [3.05, 3.63) is 58.1 Å². The summed E-state index contributed by atoms with van der Waals surface area (Å²) in [5.74, 6) is 0.334. The maximum Gasteiger partial charge on any atom is 0.271 e. The van der Waals surface area contributed by atoms with E-state index in [1.807, 2.05) is 53.3 Å². The SMILES string of the molecule is C[C@@H]1CCCC[C@H]1NC(=O)[C@]1(C)Cn2c(cc3sccc32)C(=O)N1CCc1ccc(Cl)cc1. The molecule has 2 amide bonds. The van der Waals surface area contributed by atoms with Crippen molar-refractivity contribution in [3.63, 3.8) is 0 Å². The Morgan fingerprint density at radius 1 is 1.21 bits per heavy atom. The predicted octanol–water partition coefficient (Wildman–Crippen LogP) is 5.51. The van der Waals surface area contributed by atoms with Gasteiger partial charge in [-0.1, -0.05) is 43.5 Å². The summed E-state index contributed by atoms with van der Waals surface area (Å²) in [7, 11) is 0. The zero-order valence-electron chi connectivity index (χ0n) is 19.1. The lowest BCUT2D eigenvalue weighted by atomic mass is 9.85. The van der Waals surface area contributed by atoms with Crippen molar-refractivity contribution in [2.75, 3.05) is 6.54 Å². The number of halogens is 1. The summed E-state index contributed by atoms with van der Waals surface area (Å²) in [6.45, 7) is 5.08. The van der Waals surface area contributed by atoms with E-state index in [4.69, 9.17) is 11.6 Å². The third-order valence-corrected chi connectivity index (χ3v) is 8.61. The van der Waals surface area contributed by atoms with Crippen LogP contribution in [0.15, 0.2) is 41.8 Å². The molecule has 1 aromatic carbocycles. The molecular formula is C26H30ClN3O2S. The van der Waals surface area contributed by atoms with E-state index in [2.05, 4.69) is 12.2 Å². The molecule has 1 N–H and O–H groups in total. The number of rotatable bonds is 5. The molecule has 1 aliphatic carbocycles. The van der Waals surface area contributed by atoms with Gasteiger partial charge in [-0.15, -0.1) is 11.3 Å². The summed E-state index contributed by atoms with van der Waals surface area (Å²) in [6, 6.07) is 11.9. The Balaban J connectivity index is 1.47. The van der Waals surface area contributed by atoms with Crippen LogP contribution in [0.2, 0.25) is 5.02 Å². The molecule has 1 aliphatic heterocycles. The van der Waals surface area contributed by atoms with Crippen LogP contribution in [0.25, 0.3) is 10.2 Å². The van der Waals surface area contributed by atoms with Crippen molar-refractivity contribution in [1.82, 2.24) is 14.8 Å². The van der Waals surface area contributed by atoms with Gasteiger partial charge in [0.05, 0.1) is 16.8 Å². The number of nitrogens with zero attached hydrogens (tertiary/aromatic N) is 2. The topological polar surface area (TPSA) is 54.3 Å². The van der Waals surface area contributed by atoms with Crippen LogP contribution < -0.4 is 5.32 Å². The number of carbonyl (C=O) groups excluding carboxylic acids is 2. The normalized spacial score (nSPS) is 25.3. The van der Waals surface area contributed by atoms with E-state index in [-0.39, 0.29) is 17.9 Å². The summed E-state index contributed by atoms with van der Waals surface area (Å²) in [5.41, 5.74) is 1.84. The number of carbonyl (C=O) groups is 2. The molecule has 3 heterocycles. The van der Waals surface area contributed by atoms with Crippen molar-refractivity contribution in [2.24, 2.45) is 5.92 Å². The first-order valence-corrected chi connectivity index (χ1v) is 13.1. The molecule has 0 spiro atoms. The summed E-state index contributed by atoms with van der Waals surface area (Å²) in [5, 5.41) is 6.07. The second kappa shape index (κ2) is 8.80. The van der Waals surface area contributed by atoms with E-state index in [0.29, 0.717) is 36.1 Å². The lowest BCUT2D eigenvalue weighted by Gasteiger charge is -2.45. The molecule has 3 atom stereocenters. The van der Waals surface area contributed by atoms with Gasteiger partial charge in [0.1, 0.15) is 11.2 Å². The van der Waals surface area contributed by atoms with E-state index in [9.17, 15) is 9.59 Å². The fourth-order valence-corrected chi connectivity index (χ4v) is 6.32. The summed E-state index contributed by atoms with van der Waals surface area (Å²) >= 11 is 7.67. The molecule has 5 nitrogen and oxygen atoms in total. The number of fused-ring (bicyclic) bond motifs is 3. The largest absolute Gasteiger partial charge is 0.351 e. The highest BCUT2D eigenvalue weighted by Gasteiger charge is 2.48. The second-order valence-electron chi connectivity index (χ2n) is 9.73. The molecule has 0 unspecified atom stereocenters. The average molecular weight is 484 g/mol. The molecule has 33 heavy (non-hydrogen) atoms. The third kappa shape index (κ3) is 4.08. The van der Waals surface area contributed by atoms with E-state index in [0.717, 1.165) is 35.0 Å². The molecular weight excluding hydrogens is 454 g/mol. The summed E-state index contributed by atoms with van der Waals surface area (Å²) < 4.78 is 3.12. The number of nitrogens with one attached hydrogen (secondary N) is 1.